The summed E-state index contributed by atoms with van der Waals surface area (Å²) < 4.78 is 5.23. The predicted molar refractivity (Wildman–Crippen MR) is 111 cm³/mol. The largest absolute Gasteiger partial charge is 0.497 e. The fourth-order valence-corrected chi connectivity index (χ4v) is 7.11. The number of amides is 1. The Hall–Kier alpha value is -1.95. The molecule has 0 atom stereocenters. The standard InChI is InChI=1S/C22H27N3O2S/c1-3-25(20(26)22-11-14-8-15(12-22)10-16(9-14)13-22)21-24-23-19(28-21)17-4-6-18(27-2)7-5-17/h4-7,14-16H,3,8-13H2,1-2H3. The normalized spacial score (nSPS) is 30.4. The molecule has 0 aliphatic heterocycles. The van der Waals surface area contributed by atoms with Gasteiger partial charge in [0.15, 0.2) is 0 Å². The number of methoxy groups -OCH3 is 1. The van der Waals surface area contributed by atoms with E-state index < -0.39 is 0 Å². The molecule has 2 aromatic rings. The number of rotatable bonds is 5. The van der Waals surface area contributed by atoms with E-state index in [2.05, 4.69) is 10.2 Å². The highest BCUT2D eigenvalue weighted by Gasteiger charge is 2.55. The smallest absolute Gasteiger partial charge is 0.235 e. The average molecular weight is 398 g/mol. The van der Waals surface area contributed by atoms with Crippen molar-refractivity contribution in [1.29, 1.82) is 0 Å². The average Bonchev–Trinajstić information content (AvgIpc) is 3.17. The minimum atomic E-state index is -0.142. The van der Waals surface area contributed by atoms with E-state index in [1.54, 1.807) is 7.11 Å². The first kappa shape index (κ1) is 18.1. The Morgan fingerprint density at radius 1 is 1.11 bits per heavy atom. The van der Waals surface area contributed by atoms with E-state index in [1.165, 1.54) is 30.6 Å². The van der Waals surface area contributed by atoms with Gasteiger partial charge in [-0.3, -0.25) is 9.69 Å². The van der Waals surface area contributed by atoms with Crippen molar-refractivity contribution in [3.05, 3.63) is 24.3 Å². The number of carbonyl (C=O) groups excluding carboxylic acids is 1. The van der Waals surface area contributed by atoms with Gasteiger partial charge in [-0.1, -0.05) is 11.3 Å². The van der Waals surface area contributed by atoms with Crippen LogP contribution in [-0.2, 0) is 4.79 Å². The number of carbonyl (C=O) groups is 1. The van der Waals surface area contributed by atoms with Gasteiger partial charge < -0.3 is 4.74 Å². The molecule has 6 heteroatoms. The summed E-state index contributed by atoms with van der Waals surface area (Å²) in [7, 11) is 1.66. The van der Waals surface area contributed by atoms with Crippen LogP contribution in [0.3, 0.4) is 0 Å². The third-order valence-corrected chi connectivity index (χ3v) is 8.03. The first-order chi connectivity index (χ1) is 13.6. The molecule has 4 aliphatic rings. The van der Waals surface area contributed by atoms with Crippen molar-refractivity contribution in [2.24, 2.45) is 23.2 Å². The number of hydrogen-bond acceptors (Lipinski definition) is 5. The maximum atomic E-state index is 13.7. The van der Waals surface area contributed by atoms with Crippen LogP contribution in [0.15, 0.2) is 24.3 Å². The van der Waals surface area contributed by atoms with Crippen molar-refractivity contribution in [3.63, 3.8) is 0 Å². The van der Waals surface area contributed by atoms with Gasteiger partial charge >= 0.3 is 0 Å². The molecule has 0 spiro atoms. The maximum Gasteiger partial charge on any atom is 0.235 e. The first-order valence-electron chi connectivity index (χ1n) is 10.4. The van der Waals surface area contributed by atoms with Crippen LogP contribution < -0.4 is 9.64 Å². The second kappa shape index (κ2) is 6.83. The van der Waals surface area contributed by atoms with E-state index >= 15 is 0 Å². The topological polar surface area (TPSA) is 55.3 Å². The maximum absolute atomic E-state index is 13.7. The van der Waals surface area contributed by atoms with E-state index in [-0.39, 0.29) is 5.41 Å². The van der Waals surface area contributed by atoms with E-state index in [1.807, 2.05) is 36.1 Å². The predicted octanol–water partition coefficient (Wildman–Crippen LogP) is 4.78. The summed E-state index contributed by atoms with van der Waals surface area (Å²) >= 11 is 1.51. The van der Waals surface area contributed by atoms with Crippen LogP contribution in [0, 0.1) is 23.2 Å². The first-order valence-corrected chi connectivity index (χ1v) is 11.2. The Balaban J connectivity index is 1.40. The Morgan fingerprint density at radius 2 is 1.71 bits per heavy atom. The summed E-state index contributed by atoms with van der Waals surface area (Å²) in [5, 5.41) is 10.3. The van der Waals surface area contributed by atoms with Gasteiger partial charge in [-0.15, -0.1) is 10.2 Å². The second-order valence-electron chi connectivity index (χ2n) is 8.87. The summed E-state index contributed by atoms with van der Waals surface area (Å²) in [6, 6.07) is 7.82. The van der Waals surface area contributed by atoms with E-state index in [9.17, 15) is 4.79 Å². The summed E-state index contributed by atoms with van der Waals surface area (Å²) in [6.07, 6.45) is 7.28. The van der Waals surface area contributed by atoms with Crippen molar-refractivity contribution >= 4 is 22.4 Å². The fourth-order valence-electron chi connectivity index (χ4n) is 6.20. The molecule has 0 N–H and O–H groups in total. The second-order valence-corrected chi connectivity index (χ2v) is 9.82. The van der Waals surface area contributed by atoms with Crippen molar-refractivity contribution < 1.29 is 9.53 Å². The van der Waals surface area contributed by atoms with E-state index in [4.69, 9.17) is 4.74 Å². The molecule has 0 unspecified atom stereocenters. The van der Waals surface area contributed by atoms with Gasteiger partial charge in [0.1, 0.15) is 10.8 Å². The summed E-state index contributed by atoms with van der Waals surface area (Å²) in [5.41, 5.74) is 0.860. The van der Waals surface area contributed by atoms with Crippen LogP contribution in [0.5, 0.6) is 5.75 Å². The molecule has 0 saturated heterocycles. The van der Waals surface area contributed by atoms with Gasteiger partial charge in [0, 0.05) is 12.1 Å². The quantitative estimate of drug-likeness (QED) is 0.728. The molecular weight excluding hydrogens is 370 g/mol. The fraction of sp³-hybridized carbons (Fsp3) is 0.591. The van der Waals surface area contributed by atoms with E-state index in [0.29, 0.717) is 12.5 Å². The molecule has 4 bridgehead atoms. The lowest BCUT2D eigenvalue weighted by Gasteiger charge is -2.56. The number of aromatic nitrogens is 2. The van der Waals surface area contributed by atoms with Crippen LogP contribution in [0.2, 0.25) is 0 Å². The molecule has 28 heavy (non-hydrogen) atoms. The van der Waals surface area contributed by atoms with Crippen molar-refractivity contribution in [2.45, 2.75) is 45.4 Å². The molecule has 6 rings (SSSR count). The highest BCUT2D eigenvalue weighted by atomic mass is 32.1. The summed E-state index contributed by atoms with van der Waals surface area (Å²) in [5.74, 6) is 3.40. The molecule has 1 aromatic carbocycles. The molecule has 0 radical (unpaired) electrons. The van der Waals surface area contributed by atoms with Crippen LogP contribution in [0.1, 0.15) is 45.4 Å². The Kier molecular flexibility index (Phi) is 4.42. The SMILES string of the molecule is CCN(C(=O)C12CC3CC(CC(C3)C1)C2)c1nnc(-c2ccc(OC)cc2)s1. The van der Waals surface area contributed by atoms with Crippen LogP contribution in [0.4, 0.5) is 5.13 Å². The zero-order chi connectivity index (χ0) is 19.3. The third kappa shape index (κ3) is 2.93. The number of ether oxygens (including phenoxy) is 1. The van der Waals surface area contributed by atoms with Crippen LogP contribution in [0.25, 0.3) is 10.6 Å². The third-order valence-electron chi connectivity index (χ3n) is 7.04. The Morgan fingerprint density at radius 3 is 2.25 bits per heavy atom. The molecule has 4 aliphatic carbocycles. The minimum Gasteiger partial charge on any atom is -0.497 e. The van der Waals surface area contributed by atoms with Gasteiger partial charge in [-0.25, -0.2) is 0 Å². The van der Waals surface area contributed by atoms with Crippen molar-refractivity contribution in [1.82, 2.24) is 10.2 Å². The molecule has 5 nitrogen and oxygen atoms in total. The summed E-state index contributed by atoms with van der Waals surface area (Å²) in [6.45, 7) is 2.70. The van der Waals surface area contributed by atoms with Crippen LogP contribution in [-0.4, -0.2) is 29.8 Å². The number of anilines is 1. The van der Waals surface area contributed by atoms with Gasteiger partial charge in [-0.2, -0.15) is 0 Å². The lowest BCUT2D eigenvalue weighted by molar-refractivity contribution is -0.143. The number of benzene rings is 1. The number of hydrogen-bond donors (Lipinski definition) is 0. The minimum absolute atomic E-state index is 0.142. The Bertz CT molecular complexity index is 841. The lowest BCUT2D eigenvalue weighted by Crippen LogP contribution is -2.54. The zero-order valence-electron chi connectivity index (χ0n) is 16.6. The molecular formula is C22H27N3O2S. The van der Waals surface area contributed by atoms with Gasteiger partial charge in [0.2, 0.25) is 11.0 Å². The summed E-state index contributed by atoms with van der Waals surface area (Å²) in [4.78, 5) is 15.6. The van der Waals surface area contributed by atoms with Crippen molar-refractivity contribution in [3.8, 4) is 16.3 Å². The molecule has 1 aromatic heterocycles. The molecule has 4 saturated carbocycles. The zero-order valence-corrected chi connectivity index (χ0v) is 17.4. The van der Waals surface area contributed by atoms with Gasteiger partial charge in [0.05, 0.1) is 12.5 Å². The highest BCUT2D eigenvalue weighted by molar-refractivity contribution is 7.18. The van der Waals surface area contributed by atoms with Crippen molar-refractivity contribution in [2.75, 3.05) is 18.6 Å². The molecule has 148 valence electrons. The Labute approximate surface area is 170 Å². The van der Waals surface area contributed by atoms with Crippen LogP contribution >= 0.6 is 11.3 Å². The monoisotopic (exact) mass is 397 g/mol. The molecule has 1 amide bonds. The number of nitrogens with zero attached hydrogens (tertiary/aromatic N) is 3. The van der Waals surface area contributed by atoms with Gasteiger partial charge in [0.25, 0.3) is 0 Å². The molecule has 4 fully saturated rings. The van der Waals surface area contributed by atoms with E-state index in [0.717, 1.165) is 58.5 Å². The van der Waals surface area contributed by atoms with Gasteiger partial charge in [-0.05, 0) is 87.5 Å². The lowest BCUT2D eigenvalue weighted by atomic mass is 9.49. The molecule has 1 heterocycles. The highest BCUT2D eigenvalue weighted by Crippen LogP contribution is 2.60.